The van der Waals surface area contributed by atoms with Crippen LogP contribution >= 0.6 is 0 Å². The quantitative estimate of drug-likeness (QED) is 0.820. The third-order valence-electron chi connectivity index (χ3n) is 2.66. The molecule has 0 radical (unpaired) electrons. The smallest absolute Gasteiger partial charge is 0.191 e. The highest BCUT2D eigenvalue weighted by Crippen LogP contribution is 1.99. The zero-order valence-electron chi connectivity index (χ0n) is 10.1. The van der Waals surface area contributed by atoms with Crippen LogP contribution in [0.3, 0.4) is 0 Å². The number of rotatable bonds is 4. The number of guanidine groups is 1. The third-order valence-corrected chi connectivity index (χ3v) is 2.66. The molecule has 17 heavy (non-hydrogen) atoms. The van der Waals surface area contributed by atoms with E-state index >= 15 is 0 Å². The van der Waals surface area contributed by atoms with Gasteiger partial charge in [-0.3, -0.25) is 4.99 Å². The van der Waals surface area contributed by atoms with E-state index in [-0.39, 0.29) is 6.10 Å². The summed E-state index contributed by atoms with van der Waals surface area (Å²) >= 11 is 0. The van der Waals surface area contributed by atoms with E-state index in [1.807, 2.05) is 25.1 Å². The van der Waals surface area contributed by atoms with Crippen molar-refractivity contribution in [1.82, 2.24) is 10.6 Å². The first kappa shape index (κ1) is 11.9. The average Bonchev–Trinajstić information content (AvgIpc) is 2.40. The maximum atomic E-state index is 5.50. The first-order chi connectivity index (χ1) is 8.38. The Bertz CT molecular complexity index is 364. The van der Waals surface area contributed by atoms with Crippen molar-refractivity contribution in [2.24, 2.45) is 4.99 Å². The van der Waals surface area contributed by atoms with Crippen LogP contribution in [0.2, 0.25) is 0 Å². The van der Waals surface area contributed by atoms with Gasteiger partial charge in [0.05, 0.1) is 12.6 Å². The number of nitrogens with one attached hydrogen (secondary N) is 2. The molecular formula is C13H19N3O. The molecule has 4 nitrogen and oxygen atoms in total. The van der Waals surface area contributed by atoms with Crippen LogP contribution in [-0.2, 0) is 11.3 Å². The SMILES string of the molecule is CCOC1CN=C(NCc2ccccc2)NC1. The fourth-order valence-electron chi connectivity index (χ4n) is 1.77. The summed E-state index contributed by atoms with van der Waals surface area (Å²) in [6.07, 6.45) is 0.210. The van der Waals surface area contributed by atoms with Crippen molar-refractivity contribution in [3.05, 3.63) is 35.9 Å². The van der Waals surface area contributed by atoms with E-state index in [9.17, 15) is 0 Å². The molecule has 2 rings (SSSR count). The van der Waals surface area contributed by atoms with Crippen LogP contribution in [0.5, 0.6) is 0 Å². The lowest BCUT2D eigenvalue weighted by Crippen LogP contribution is -2.46. The van der Waals surface area contributed by atoms with Crippen molar-refractivity contribution in [3.8, 4) is 0 Å². The second kappa shape index (κ2) is 6.25. The van der Waals surface area contributed by atoms with E-state index in [1.165, 1.54) is 5.56 Å². The van der Waals surface area contributed by atoms with Gasteiger partial charge in [0.15, 0.2) is 5.96 Å². The molecule has 0 aliphatic carbocycles. The molecule has 1 atom stereocenters. The summed E-state index contributed by atoms with van der Waals surface area (Å²) in [6.45, 7) is 5.11. The number of nitrogens with zero attached hydrogens (tertiary/aromatic N) is 1. The van der Waals surface area contributed by atoms with E-state index in [1.54, 1.807) is 0 Å². The molecule has 1 aromatic rings. The van der Waals surface area contributed by atoms with Crippen molar-refractivity contribution in [2.45, 2.75) is 19.6 Å². The van der Waals surface area contributed by atoms with Crippen LogP contribution in [-0.4, -0.2) is 31.8 Å². The van der Waals surface area contributed by atoms with Crippen LogP contribution in [0.4, 0.5) is 0 Å². The molecule has 0 spiro atoms. The normalized spacial score (nSPS) is 19.4. The number of ether oxygens (including phenoxy) is 1. The fourth-order valence-corrected chi connectivity index (χ4v) is 1.77. The van der Waals surface area contributed by atoms with Gasteiger partial charge < -0.3 is 15.4 Å². The largest absolute Gasteiger partial charge is 0.375 e. The van der Waals surface area contributed by atoms with Gasteiger partial charge in [0.1, 0.15) is 0 Å². The van der Waals surface area contributed by atoms with E-state index in [0.717, 1.165) is 32.2 Å². The molecule has 1 aliphatic rings. The Morgan fingerprint density at radius 1 is 1.41 bits per heavy atom. The van der Waals surface area contributed by atoms with Gasteiger partial charge in [-0.1, -0.05) is 30.3 Å². The first-order valence-electron chi connectivity index (χ1n) is 6.06. The predicted molar refractivity (Wildman–Crippen MR) is 69.0 cm³/mol. The Morgan fingerprint density at radius 3 is 2.88 bits per heavy atom. The molecule has 1 unspecified atom stereocenters. The minimum atomic E-state index is 0.210. The molecule has 0 amide bonds. The monoisotopic (exact) mass is 233 g/mol. The van der Waals surface area contributed by atoms with Gasteiger partial charge in [-0.05, 0) is 12.5 Å². The number of hydrogen-bond acceptors (Lipinski definition) is 4. The molecule has 0 bridgehead atoms. The summed E-state index contributed by atoms with van der Waals surface area (Å²) in [5.74, 6) is 0.866. The molecule has 92 valence electrons. The van der Waals surface area contributed by atoms with Crippen molar-refractivity contribution in [1.29, 1.82) is 0 Å². The zero-order chi connectivity index (χ0) is 11.9. The Labute approximate surface area is 102 Å². The highest BCUT2D eigenvalue weighted by Gasteiger charge is 2.14. The Morgan fingerprint density at radius 2 is 2.24 bits per heavy atom. The number of hydrogen-bond donors (Lipinski definition) is 2. The van der Waals surface area contributed by atoms with Gasteiger partial charge in [-0.15, -0.1) is 0 Å². The third kappa shape index (κ3) is 3.75. The maximum Gasteiger partial charge on any atom is 0.191 e. The molecule has 1 heterocycles. The molecule has 2 N–H and O–H groups in total. The Kier molecular flexibility index (Phi) is 4.38. The van der Waals surface area contributed by atoms with Gasteiger partial charge in [0.25, 0.3) is 0 Å². The lowest BCUT2D eigenvalue weighted by atomic mass is 10.2. The van der Waals surface area contributed by atoms with Crippen molar-refractivity contribution >= 4 is 5.96 Å². The fraction of sp³-hybridized carbons (Fsp3) is 0.462. The summed E-state index contributed by atoms with van der Waals surface area (Å²) in [5.41, 5.74) is 1.25. The topological polar surface area (TPSA) is 45.6 Å². The van der Waals surface area contributed by atoms with E-state index in [2.05, 4.69) is 27.8 Å². The lowest BCUT2D eigenvalue weighted by Gasteiger charge is -2.23. The molecule has 0 aromatic heterocycles. The average molecular weight is 233 g/mol. The number of benzene rings is 1. The van der Waals surface area contributed by atoms with Gasteiger partial charge in [-0.2, -0.15) is 0 Å². The molecule has 4 heteroatoms. The van der Waals surface area contributed by atoms with Crippen molar-refractivity contribution in [3.63, 3.8) is 0 Å². The van der Waals surface area contributed by atoms with Gasteiger partial charge >= 0.3 is 0 Å². The summed E-state index contributed by atoms with van der Waals surface area (Å²) in [7, 11) is 0. The molecular weight excluding hydrogens is 214 g/mol. The molecule has 0 fully saturated rings. The van der Waals surface area contributed by atoms with Crippen molar-refractivity contribution < 1.29 is 4.74 Å². The lowest BCUT2D eigenvalue weighted by molar-refractivity contribution is 0.0691. The van der Waals surface area contributed by atoms with E-state index < -0.39 is 0 Å². The van der Waals surface area contributed by atoms with Crippen LogP contribution < -0.4 is 10.6 Å². The van der Waals surface area contributed by atoms with Crippen molar-refractivity contribution in [2.75, 3.05) is 19.7 Å². The highest BCUT2D eigenvalue weighted by molar-refractivity contribution is 5.80. The molecule has 1 aromatic carbocycles. The minimum absolute atomic E-state index is 0.210. The summed E-state index contributed by atoms with van der Waals surface area (Å²) in [6, 6.07) is 10.3. The van der Waals surface area contributed by atoms with E-state index in [0.29, 0.717) is 0 Å². The molecule has 0 saturated carbocycles. The van der Waals surface area contributed by atoms with Gasteiger partial charge in [-0.25, -0.2) is 0 Å². The van der Waals surface area contributed by atoms with E-state index in [4.69, 9.17) is 4.74 Å². The standard InChI is InChI=1S/C13H19N3O/c1-2-17-12-9-15-13(16-10-12)14-8-11-6-4-3-5-7-11/h3-7,12H,2,8-10H2,1H3,(H2,14,15,16). The zero-order valence-corrected chi connectivity index (χ0v) is 10.1. The van der Waals surface area contributed by atoms with Gasteiger partial charge in [0, 0.05) is 19.7 Å². The number of aliphatic imine (C=N–C) groups is 1. The Balaban J connectivity index is 1.77. The van der Waals surface area contributed by atoms with Crippen LogP contribution in [0, 0.1) is 0 Å². The molecule has 0 saturated heterocycles. The first-order valence-corrected chi connectivity index (χ1v) is 6.06. The minimum Gasteiger partial charge on any atom is -0.375 e. The van der Waals surface area contributed by atoms with Crippen LogP contribution in [0.15, 0.2) is 35.3 Å². The summed E-state index contributed by atoms with van der Waals surface area (Å²) in [4.78, 5) is 4.41. The Hall–Kier alpha value is -1.55. The highest BCUT2D eigenvalue weighted by atomic mass is 16.5. The van der Waals surface area contributed by atoms with Gasteiger partial charge in [0.2, 0.25) is 0 Å². The second-order valence-corrected chi connectivity index (χ2v) is 3.99. The predicted octanol–water partition coefficient (Wildman–Crippen LogP) is 1.14. The van der Waals surface area contributed by atoms with Crippen LogP contribution in [0.1, 0.15) is 12.5 Å². The molecule has 1 aliphatic heterocycles. The summed E-state index contributed by atoms with van der Waals surface area (Å²) < 4.78 is 5.50. The maximum absolute atomic E-state index is 5.50. The second-order valence-electron chi connectivity index (χ2n) is 3.99. The summed E-state index contributed by atoms with van der Waals surface area (Å²) in [5, 5.41) is 6.52. The van der Waals surface area contributed by atoms with Crippen LogP contribution in [0.25, 0.3) is 0 Å².